The molecule has 3 heterocycles. The van der Waals surface area contributed by atoms with Gasteiger partial charge in [-0.1, -0.05) is 140 Å². The Balaban J connectivity index is 1.09. The summed E-state index contributed by atoms with van der Waals surface area (Å²) in [4.78, 5) is 0. The maximum absolute atomic E-state index is 2.49. The lowest BCUT2D eigenvalue weighted by molar-refractivity contribution is 1.18. The van der Waals surface area contributed by atoms with E-state index in [2.05, 4.69) is 191 Å². The number of benzene rings is 10. The van der Waals surface area contributed by atoms with E-state index in [4.69, 9.17) is 0 Å². The molecule has 10 aromatic carbocycles. The van der Waals surface area contributed by atoms with E-state index in [0.29, 0.717) is 0 Å². The van der Waals surface area contributed by atoms with Crippen LogP contribution in [-0.4, -0.2) is 8.97 Å². The molecule has 13 rings (SSSR count). The van der Waals surface area contributed by atoms with Crippen LogP contribution in [0.15, 0.2) is 182 Å². The predicted molar refractivity (Wildman–Crippen MR) is 231 cm³/mol. The molecule has 0 fully saturated rings. The number of aromatic nitrogens is 2. The van der Waals surface area contributed by atoms with Crippen molar-refractivity contribution < 1.29 is 0 Å². The topological polar surface area (TPSA) is 9.34 Å². The Bertz CT molecular complexity index is 3690. The van der Waals surface area contributed by atoms with Crippen LogP contribution in [0, 0.1) is 0 Å². The maximum atomic E-state index is 2.49. The van der Waals surface area contributed by atoms with Crippen LogP contribution in [0.5, 0.6) is 0 Å². The minimum atomic E-state index is 1.16. The van der Waals surface area contributed by atoms with Crippen LogP contribution in [0.1, 0.15) is 0 Å². The molecule has 0 amide bonds. The van der Waals surface area contributed by atoms with Gasteiger partial charge >= 0.3 is 0 Å². The first-order valence-corrected chi connectivity index (χ1v) is 18.8. The monoisotopic (exact) mass is 682 g/mol. The third kappa shape index (κ3) is 3.55. The smallest absolute Gasteiger partial charge is 0.0620 e. The highest BCUT2D eigenvalue weighted by Crippen LogP contribution is 2.46. The van der Waals surface area contributed by atoms with Gasteiger partial charge in [0.05, 0.1) is 27.6 Å². The van der Waals surface area contributed by atoms with Crippen LogP contribution in [0.25, 0.3) is 120 Å². The number of para-hydroxylation sites is 3. The van der Waals surface area contributed by atoms with E-state index in [0.717, 1.165) is 5.69 Å². The van der Waals surface area contributed by atoms with E-state index in [1.54, 1.807) is 0 Å². The van der Waals surface area contributed by atoms with E-state index < -0.39 is 0 Å². The van der Waals surface area contributed by atoms with E-state index >= 15 is 0 Å². The molecule has 0 saturated heterocycles. The van der Waals surface area contributed by atoms with Crippen molar-refractivity contribution in [1.82, 2.24) is 8.97 Å². The Morgan fingerprint density at radius 2 is 0.833 bits per heavy atom. The summed E-state index contributed by atoms with van der Waals surface area (Å²) < 4.78 is 4.97. The first-order valence-electron chi connectivity index (χ1n) is 18.8. The van der Waals surface area contributed by atoms with Crippen molar-refractivity contribution in [2.24, 2.45) is 0 Å². The van der Waals surface area contributed by atoms with Gasteiger partial charge in [-0.3, -0.25) is 0 Å². The van der Waals surface area contributed by atoms with Gasteiger partial charge in [0.2, 0.25) is 0 Å². The number of hydrogen-bond donors (Lipinski definition) is 0. The molecule has 0 spiro atoms. The first-order chi connectivity index (χ1) is 26.8. The lowest BCUT2D eigenvalue weighted by atomic mass is 9.92. The third-order valence-electron chi connectivity index (χ3n) is 12.2. The highest BCUT2D eigenvalue weighted by atomic mass is 15.0. The largest absolute Gasteiger partial charge is 0.309 e. The van der Waals surface area contributed by atoms with E-state index in [1.165, 1.54) is 114 Å². The van der Waals surface area contributed by atoms with Crippen molar-refractivity contribution in [1.29, 1.82) is 0 Å². The zero-order valence-electron chi connectivity index (χ0n) is 29.2. The second-order valence-electron chi connectivity index (χ2n) is 14.8. The van der Waals surface area contributed by atoms with E-state index in [-0.39, 0.29) is 0 Å². The summed E-state index contributed by atoms with van der Waals surface area (Å²) in [6.45, 7) is 0. The van der Waals surface area contributed by atoms with Crippen LogP contribution >= 0.6 is 0 Å². The van der Waals surface area contributed by atoms with Crippen LogP contribution in [0.3, 0.4) is 0 Å². The summed E-state index contributed by atoms with van der Waals surface area (Å²) >= 11 is 0. The molecule has 0 N–H and O–H groups in total. The normalized spacial score (nSPS) is 12.4. The molecule has 3 aromatic heterocycles. The lowest BCUT2D eigenvalue weighted by Crippen LogP contribution is -1.94. The quantitative estimate of drug-likeness (QED) is 0.161. The van der Waals surface area contributed by atoms with E-state index in [1.807, 2.05) is 0 Å². The van der Waals surface area contributed by atoms with Gasteiger partial charge < -0.3 is 8.97 Å². The summed E-state index contributed by atoms with van der Waals surface area (Å²) in [5, 5.41) is 18.2. The fraction of sp³-hybridized carbons (Fsp3) is 0. The molecular weight excluding hydrogens is 653 g/mol. The standard InChI is InChI=1S/C52H30N2/c1-2-15-37-35(13-1)36-14-3-4-16-38(36)44-30-33(23-26-39(37)44)32-11-9-12-34(29-32)53-46-22-8-6-18-42(46)50-47(53)27-24-31-25-28-48-51(49(31)50)43-20-10-19-41-40-17-5-7-21-45(40)54(48)52(41)43/h1-30H. The minimum absolute atomic E-state index is 1.16. The fourth-order valence-electron chi connectivity index (χ4n) is 9.98. The summed E-state index contributed by atoms with van der Waals surface area (Å²) in [5.74, 6) is 0. The molecule has 0 saturated carbocycles. The van der Waals surface area contributed by atoms with Gasteiger partial charge in [-0.2, -0.15) is 0 Å². The van der Waals surface area contributed by atoms with Crippen LogP contribution < -0.4 is 0 Å². The molecule has 13 aromatic rings. The van der Waals surface area contributed by atoms with E-state index in [9.17, 15) is 0 Å². The highest BCUT2D eigenvalue weighted by Gasteiger charge is 2.22. The fourth-order valence-corrected chi connectivity index (χ4v) is 9.98. The molecule has 0 radical (unpaired) electrons. The molecule has 2 heteroatoms. The van der Waals surface area contributed by atoms with Gasteiger partial charge in [0.25, 0.3) is 0 Å². The van der Waals surface area contributed by atoms with Crippen molar-refractivity contribution in [3.8, 4) is 16.8 Å². The lowest BCUT2D eigenvalue weighted by Gasteiger charge is -2.13. The highest BCUT2D eigenvalue weighted by molar-refractivity contribution is 6.35. The zero-order valence-corrected chi connectivity index (χ0v) is 29.2. The average Bonchev–Trinajstić information content (AvgIpc) is 3.89. The Hall–Kier alpha value is -7.16. The van der Waals surface area contributed by atoms with Gasteiger partial charge in [-0.15, -0.1) is 0 Å². The van der Waals surface area contributed by atoms with Gasteiger partial charge in [0.1, 0.15) is 0 Å². The SMILES string of the molecule is c1cc(-c2ccc3c4ccccc4c4ccccc4c3c2)cc(-n2c3ccccc3c3c4c(ccc32)ccc2c4c3cccc4c5ccccc5n2c43)c1. The molecule has 2 nitrogen and oxygen atoms in total. The number of rotatable bonds is 2. The van der Waals surface area contributed by atoms with Crippen LogP contribution in [-0.2, 0) is 0 Å². The van der Waals surface area contributed by atoms with Gasteiger partial charge in [-0.05, 0) is 91.3 Å². The summed E-state index contributed by atoms with van der Waals surface area (Å²) in [6.07, 6.45) is 0. The second kappa shape index (κ2) is 10.2. The number of nitrogens with zero attached hydrogens (tertiary/aromatic N) is 2. The van der Waals surface area contributed by atoms with Crippen molar-refractivity contribution in [2.75, 3.05) is 0 Å². The minimum Gasteiger partial charge on any atom is -0.309 e. The third-order valence-corrected chi connectivity index (χ3v) is 12.2. The van der Waals surface area contributed by atoms with Crippen LogP contribution in [0.2, 0.25) is 0 Å². The number of hydrogen-bond acceptors (Lipinski definition) is 0. The molecule has 0 unspecified atom stereocenters. The number of fused-ring (bicyclic) bond motifs is 18. The molecule has 0 aliphatic rings. The predicted octanol–water partition coefficient (Wildman–Crippen LogP) is 14.2. The second-order valence-corrected chi connectivity index (χ2v) is 14.8. The van der Waals surface area contributed by atoms with Gasteiger partial charge in [0, 0.05) is 43.4 Å². The summed E-state index contributed by atoms with van der Waals surface area (Å²) in [7, 11) is 0. The van der Waals surface area contributed by atoms with Crippen molar-refractivity contribution >= 4 is 103 Å². The Kier molecular flexibility index (Phi) is 5.39. The molecule has 0 aliphatic carbocycles. The maximum Gasteiger partial charge on any atom is 0.0620 e. The molecule has 0 bridgehead atoms. The Labute approximate surface area is 309 Å². The molecular formula is C52H30N2. The van der Waals surface area contributed by atoms with Crippen molar-refractivity contribution in [3.63, 3.8) is 0 Å². The average molecular weight is 683 g/mol. The molecule has 54 heavy (non-hydrogen) atoms. The Morgan fingerprint density at radius 1 is 0.278 bits per heavy atom. The molecule has 0 atom stereocenters. The Morgan fingerprint density at radius 3 is 1.61 bits per heavy atom. The summed E-state index contributed by atoms with van der Waals surface area (Å²) in [6, 6.07) is 67.6. The van der Waals surface area contributed by atoms with Gasteiger partial charge in [-0.25, -0.2) is 0 Å². The van der Waals surface area contributed by atoms with Crippen molar-refractivity contribution in [2.45, 2.75) is 0 Å². The van der Waals surface area contributed by atoms with Gasteiger partial charge in [0.15, 0.2) is 0 Å². The molecule has 0 aliphatic heterocycles. The molecule has 248 valence electrons. The van der Waals surface area contributed by atoms with Crippen molar-refractivity contribution in [3.05, 3.63) is 182 Å². The summed E-state index contributed by atoms with van der Waals surface area (Å²) in [5.41, 5.74) is 9.86. The van der Waals surface area contributed by atoms with Crippen LogP contribution in [0.4, 0.5) is 0 Å². The zero-order chi connectivity index (χ0) is 35.1. The first kappa shape index (κ1) is 28.4.